The Morgan fingerprint density at radius 3 is 2.39 bits per heavy atom. The summed E-state index contributed by atoms with van der Waals surface area (Å²) in [5.74, 6) is -2.13. The highest BCUT2D eigenvalue weighted by Gasteiger charge is 2.07. The number of hydrogen-bond donors (Lipinski definition) is 1. The van der Waals surface area contributed by atoms with Crippen molar-refractivity contribution in [2.75, 3.05) is 0 Å². The number of benzene rings is 2. The van der Waals surface area contributed by atoms with Crippen molar-refractivity contribution >= 4 is 10.9 Å². The van der Waals surface area contributed by atoms with Crippen molar-refractivity contribution in [1.29, 1.82) is 0 Å². The second-order valence-electron chi connectivity index (χ2n) is 4.04. The van der Waals surface area contributed by atoms with Gasteiger partial charge in [0.1, 0.15) is 5.82 Å². The number of halogens is 3. The molecule has 3 rings (SSSR count). The quantitative estimate of drug-likeness (QED) is 0.661. The summed E-state index contributed by atoms with van der Waals surface area (Å²) in [5, 5.41) is 0.690. The van der Waals surface area contributed by atoms with Gasteiger partial charge in [-0.05, 0) is 42.5 Å². The first-order chi connectivity index (χ1) is 8.63. The summed E-state index contributed by atoms with van der Waals surface area (Å²) >= 11 is 0. The molecule has 0 saturated carbocycles. The van der Waals surface area contributed by atoms with E-state index in [1.165, 1.54) is 18.2 Å². The van der Waals surface area contributed by atoms with Crippen LogP contribution in [0.2, 0.25) is 0 Å². The summed E-state index contributed by atoms with van der Waals surface area (Å²) in [6.07, 6.45) is 0. The van der Waals surface area contributed by atoms with Crippen LogP contribution < -0.4 is 0 Å². The molecule has 0 unspecified atom stereocenters. The van der Waals surface area contributed by atoms with Gasteiger partial charge in [-0.15, -0.1) is 0 Å². The Bertz CT molecular complexity index is 731. The van der Waals surface area contributed by atoms with Gasteiger partial charge in [0.05, 0.1) is 0 Å². The topological polar surface area (TPSA) is 15.8 Å². The largest absolute Gasteiger partial charge is 0.355 e. The van der Waals surface area contributed by atoms with Crippen LogP contribution in [0.4, 0.5) is 13.2 Å². The van der Waals surface area contributed by atoms with Crippen molar-refractivity contribution in [2.24, 2.45) is 0 Å². The van der Waals surface area contributed by atoms with E-state index in [0.717, 1.165) is 17.6 Å². The maximum absolute atomic E-state index is 13.1. The third-order valence-corrected chi connectivity index (χ3v) is 2.81. The molecule has 18 heavy (non-hydrogen) atoms. The lowest BCUT2D eigenvalue weighted by Gasteiger charge is -1.98. The van der Waals surface area contributed by atoms with E-state index in [0.29, 0.717) is 16.6 Å². The number of rotatable bonds is 1. The first kappa shape index (κ1) is 10.9. The number of nitrogens with one attached hydrogen (secondary N) is 1. The molecule has 0 radical (unpaired) electrons. The summed E-state index contributed by atoms with van der Waals surface area (Å²) in [6, 6.07) is 9.68. The molecule has 2 aromatic carbocycles. The van der Waals surface area contributed by atoms with Gasteiger partial charge < -0.3 is 4.98 Å². The molecule has 1 nitrogen and oxygen atoms in total. The maximum Gasteiger partial charge on any atom is 0.159 e. The minimum absolute atomic E-state index is 0.335. The number of aromatic nitrogens is 1. The molecule has 1 heterocycles. The van der Waals surface area contributed by atoms with E-state index < -0.39 is 11.6 Å². The fourth-order valence-electron chi connectivity index (χ4n) is 1.92. The van der Waals surface area contributed by atoms with Gasteiger partial charge in [0.2, 0.25) is 0 Å². The zero-order valence-electron chi connectivity index (χ0n) is 9.18. The predicted octanol–water partition coefficient (Wildman–Crippen LogP) is 4.25. The standard InChI is InChI=1S/C14H8F3N/c15-10-2-4-13-9(5-10)7-14(18-13)8-1-3-11(16)12(17)6-8/h1-7,18H. The molecule has 0 bridgehead atoms. The van der Waals surface area contributed by atoms with E-state index in [4.69, 9.17) is 0 Å². The Labute approximate surface area is 101 Å². The normalized spacial score (nSPS) is 11.1. The second kappa shape index (κ2) is 3.91. The molecule has 1 N–H and O–H groups in total. The summed E-state index contributed by atoms with van der Waals surface area (Å²) in [6.45, 7) is 0. The monoisotopic (exact) mass is 247 g/mol. The molecule has 0 aliphatic rings. The van der Waals surface area contributed by atoms with Gasteiger partial charge in [0.25, 0.3) is 0 Å². The van der Waals surface area contributed by atoms with Crippen molar-refractivity contribution < 1.29 is 13.2 Å². The fourth-order valence-corrected chi connectivity index (χ4v) is 1.92. The molecule has 0 aliphatic heterocycles. The van der Waals surface area contributed by atoms with Crippen LogP contribution in [0.1, 0.15) is 0 Å². The predicted molar refractivity (Wildman–Crippen MR) is 63.6 cm³/mol. The maximum atomic E-state index is 13.1. The van der Waals surface area contributed by atoms with Crippen LogP contribution in [-0.4, -0.2) is 4.98 Å². The van der Waals surface area contributed by atoms with Crippen molar-refractivity contribution in [3.05, 3.63) is 59.9 Å². The Balaban J connectivity index is 2.16. The van der Waals surface area contributed by atoms with Crippen molar-refractivity contribution in [1.82, 2.24) is 4.98 Å². The minimum Gasteiger partial charge on any atom is -0.355 e. The molecular weight excluding hydrogens is 239 g/mol. The summed E-state index contributed by atoms with van der Waals surface area (Å²) < 4.78 is 39.0. The van der Waals surface area contributed by atoms with Gasteiger partial charge in [-0.25, -0.2) is 13.2 Å². The van der Waals surface area contributed by atoms with Gasteiger partial charge in [-0.2, -0.15) is 0 Å². The highest BCUT2D eigenvalue weighted by atomic mass is 19.2. The molecule has 0 spiro atoms. The van der Waals surface area contributed by atoms with E-state index in [2.05, 4.69) is 4.98 Å². The summed E-state index contributed by atoms with van der Waals surface area (Å²) in [5.41, 5.74) is 1.89. The van der Waals surface area contributed by atoms with Crippen LogP contribution in [0.15, 0.2) is 42.5 Å². The molecule has 90 valence electrons. The van der Waals surface area contributed by atoms with Crippen LogP contribution in [0.25, 0.3) is 22.2 Å². The van der Waals surface area contributed by atoms with E-state index in [1.807, 2.05) is 0 Å². The molecule has 0 aliphatic carbocycles. The van der Waals surface area contributed by atoms with Crippen molar-refractivity contribution in [3.8, 4) is 11.3 Å². The summed E-state index contributed by atoms with van der Waals surface area (Å²) in [7, 11) is 0. The number of fused-ring (bicyclic) bond motifs is 1. The van der Waals surface area contributed by atoms with Crippen molar-refractivity contribution in [2.45, 2.75) is 0 Å². The van der Waals surface area contributed by atoms with E-state index in [-0.39, 0.29) is 5.82 Å². The number of aromatic amines is 1. The Morgan fingerprint density at radius 2 is 1.61 bits per heavy atom. The van der Waals surface area contributed by atoms with Crippen LogP contribution in [0.3, 0.4) is 0 Å². The Hall–Kier alpha value is -2.23. The zero-order chi connectivity index (χ0) is 12.7. The minimum atomic E-state index is -0.905. The van der Waals surface area contributed by atoms with Gasteiger partial charge in [0.15, 0.2) is 11.6 Å². The fraction of sp³-hybridized carbons (Fsp3) is 0. The molecule has 0 saturated heterocycles. The second-order valence-corrected chi connectivity index (χ2v) is 4.04. The third-order valence-electron chi connectivity index (χ3n) is 2.81. The SMILES string of the molecule is Fc1ccc2[nH]c(-c3ccc(F)c(F)c3)cc2c1. The molecule has 0 amide bonds. The lowest BCUT2D eigenvalue weighted by atomic mass is 10.1. The highest BCUT2D eigenvalue weighted by Crippen LogP contribution is 2.25. The van der Waals surface area contributed by atoms with E-state index in [9.17, 15) is 13.2 Å². The van der Waals surface area contributed by atoms with Crippen LogP contribution in [0, 0.1) is 17.5 Å². The molecular formula is C14H8F3N. The van der Waals surface area contributed by atoms with Gasteiger partial charge in [0, 0.05) is 22.2 Å². The van der Waals surface area contributed by atoms with E-state index in [1.54, 1.807) is 12.1 Å². The van der Waals surface area contributed by atoms with Gasteiger partial charge in [-0.1, -0.05) is 0 Å². The van der Waals surface area contributed by atoms with Crippen LogP contribution in [-0.2, 0) is 0 Å². The number of hydrogen-bond acceptors (Lipinski definition) is 0. The Kier molecular flexibility index (Phi) is 2.37. The highest BCUT2D eigenvalue weighted by molar-refractivity contribution is 5.85. The first-order valence-electron chi connectivity index (χ1n) is 5.37. The van der Waals surface area contributed by atoms with Gasteiger partial charge in [-0.3, -0.25) is 0 Å². The van der Waals surface area contributed by atoms with Gasteiger partial charge >= 0.3 is 0 Å². The summed E-state index contributed by atoms with van der Waals surface area (Å²) in [4.78, 5) is 3.03. The van der Waals surface area contributed by atoms with Crippen LogP contribution in [0.5, 0.6) is 0 Å². The average molecular weight is 247 g/mol. The van der Waals surface area contributed by atoms with Crippen molar-refractivity contribution in [3.63, 3.8) is 0 Å². The smallest absolute Gasteiger partial charge is 0.159 e. The average Bonchev–Trinajstić information content (AvgIpc) is 2.75. The third kappa shape index (κ3) is 1.76. The lowest BCUT2D eigenvalue weighted by molar-refractivity contribution is 0.509. The molecule has 0 fully saturated rings. The zero-order valence-corrected chi connectivity index (χ0v) is 9.18. The molecule has 0 atom stereocenters. The lowest BCUT2D eigenvalue weighted by Crippen LogP contribution is -1.85. The Morgan fingerprint density at radius 1 is 0.778 bits per heavy atom. The van der Waals surface area contributed by atoms with Crippen LogP contribution >= 0.6 is 0 Å². The molecule has 3 aromatic rings. The molecule has 4 heteroatoms. The first-order valence-corrected chi connectivity index (χ1v) is 5.37. The molecule has 1 aromatic heterocycles. The number of H-pyrrole nitrogens is 1. The van der Waals surface area contributed by atoms with E-state index >= 15 is 0 Å².